The van der Waals surface area contributed by atoms with Gasteiger partial charge in [-0.2, -0.15) is 5.26 Å². The molecule has 0 aliphatic rings. The number of benzene rings is 1. The average molecular weight is 302 g/mol. The van der Waals surface area contributed by atoms with E-state index in [1.165, 1.54) is 11.3 Å². The molecule has 1 atom stereocenters. The summed E-state index contributed by atoms with van der Waals surface area (Å²) in [6.45, 7) is 3.62. The number of nitriles is 1. The zero-order chi connectivity index (χ0) is 15.2. The van der Waals surface area contributed by atoms with Gasteiger partial charge in [-0.05, 0) is 37.6 Å². The number of rotatable bonds is 5. The van der Waals surface area contributed by atoms with Crippen molar-refractivity contribution in [3.8, 4) is 11.8 Å². The molecule has 1 heterocycles. The van der Waals surface area contributed by atoms with E-state index in [0.717, 1.165) is 11.4 Å². The summed E-state index contributed by atoms with van der Waals surface area (Å²) in [6.07, 6.45) is 0.108. The third-order valence-electron chi connectivity index (χ3n) is 2.66. The highest BCUT2D eigenvalue weighted by atomic mass is 32.1. The minimum absolute atomic E-state index is 0.293. The smallest absolute Gasteiger partial charge is 0.266 e. The summed E-state index contributed by atoms with van der Waals surface area (Å²) in [6, 6.07) is 8.61. The van der Waals surface area contributed by atoms with Crippen LogP contribution >= 0.6 is 11.3 Å². The van der Waals surface area contributed by atoms with Crippen molar-refractivity contribution in [2.45, 2.75) is 26.4 Å². The molecule has 0 aliphatic carbocycles. The number of ether oxygens (including phenoxy) is 1. The summed E-state index contributed by atoms with van der Waals surface area (Å²) in [5.41, 5.74) is 0.542. The maximum absolute atomic E-state index is 12.0. The molecule has 2 rings (SSSR count). The second-order valence-corrected chi connectivity index (χ2v) is 5.30. The van der Waals surface area contributed by atoms with E-state index >= 15 is 0 Å². The number of amides is 1. The molecule has 0 radical (unpaired) electrons. The van der Waals surface area contributed by atoms with E-state index < -0.39 is 6.10 Å². The number of aromatic nitrogens is 2. The first-order valence-electron chi connectivity index (χ1n) is 6.42. The molecular formula is C14H14N4O2S. The summed E-state index contributed by atoms with van der Waals surface area (Å²) < 4.78 is 5.52. The van der Waals surface area contributed by atoms with Crippen molar-refractivity contribution in [2.75, 3.05) is 5.32 Å². The highest BCUT2D eigenvalue weighted by molar-refractivity contribution is 7.15. The third kappa shape index (κ3) is 4.00. The lowest BCUT2D eigenvalue weighted by Crippen LogP contribution is -2.30. The molecule has 7 heteroatoms. The minimum atomic E-state index is -0.674. The molecule has 0 saturated heterocycles. The van der Waals surface area contributed by atoms with Gasteiger partial charge in [0.05, 0.1) is 11.6 Å². The second kappa shape index (κ2) is 6.81. The van der Waals surface area contributed by atoms with Crippen LogP contribution in [0, 0.1) is 11.3 Å². The lowest BCUT2D eigenvalue weighted by atomic mass is 10.2. The topological polar surface area (TPSA) is 87.9 Å². The largest absolute Gasteiger partial charge is 0.481 e. The predicted octanol–water partition coefficient (Wildman–Crippen LogP) is 2.38. The maximum atomic E-state index is 12.0. The summed E-state index contributed by atoms with van der Waals surface area (Å²) in [7, 11) is 0. The molecule has 0 aliphatic heterocycles. The van der Waals surface area contributed by atoms with E-state index in [9.17, 15) is 4.79 Å². The van der Waals surface area contributed by atoms with E-state index in [-0.39, 0.29) is 5.91 Å². The molecule has 0 spiro atoms. The Labute approximate surface area is 126 Å². The number of anilines is 1. The Morgan fingerprint density at radius 1 is 1.43 bits per heavy atom. The lowest BCUT2D eigenvalue weighted by Gasteiger charge is -2.13. The van der Waals surface area contributed by atoms with Crippen LogP contribution in [-0.4, -0.2) is 22.2 Å². The molecule has 0 saturated carbocycles. The van der Waals surface area contributed by atoms with Crippen LogP contribution in [0.15, 0.2) is 24.3 Å². The van der Waals surface area contributed by atoms with Crippen LogP contribution in [0.3, 0.4) is 0 Å². The van der Waals surface area contributed by atoms with Gasteiger partial charge in [0.15, 0.2) is 6.10 Å². The zero-order valence-corrected chi connectivity index (χ0v) is 12.5. The number of hydrogen-bond donors (Lipinski definition) is 1. The molecule has 0 fully saturated rings. The zero-order valence-electron chi connectivity index (χ0n) is 11.7. The Hall–Kier alpha value is -2.46. The van der Waals surface area contributed by atoms with Gasteiger partial charge >= 0.3 is 0 Å². The number of aryl methyl sites for hydroxylation is 1. The minimum Gasteiger partial charge on any atom is -0.481 e. The van der Waals surface area contributed by atoms with Crippen molar-refractivity contribution in [3.63, 3.8) is 0 Å². The monoisotopic (exact) mass is 302 g/mol. The van der Waals surface area contributed by atoms with E-state index in [4.69, 9.17) is 10.00 Å². The van der Waals surface area contributed by atoms with Gasteiger partial charge in [-0.1, -0.05) is 18.3 Å². The lowest BCUT2D eigenvalue weighted by molar-refractivity contribution is -0.122. The van der Waals surface area contributed by atoms with Crippen LogP contribution in [0.5, 0.6) is 5.75 Å². The molecule has 1 aromatic carbocycles. The number of hydrogen-bond acceptors (Lipinski definition) is 6. The van der Waals surface area contributed by atoms with E-state index in [0.29, 0.717) is 16.4 Å². The van der Waals surface area contributed by atoms with Gasteiger partial charge in [0, 0.05) is 0 Å². The first-order valence-corrected chi connectivity index (χ1v) is 7.24. The number of nitrogens with zero attached hydrogens (tertiary/aromatic N) is 3. The first-order chi connectivity index (χ1) is 10.1. The normalized spacial score (nSPS) is 11.5. The van der Waals surface area contributed by atoms with Crippen LogP contribution in [-0.2, 0) is 11.2 Å². The molecule has 108 valence electrons. The van der Waals surface area contributed by atoms with Gasteiger partial charge in [-0.15, -0.1) is 10.2 Å². The van der Waals surface area contributed by atoms with Crippen molar-refractivity contribution in [1.29, 1.82) is 5.26 Å². The molecule has 1 aromatic heterocycles. The highest BCUT2D eigenvalue weighted by Crippen LogP contribution is 2.17. The molecular weight excluding hydrogens is 288 g/mol. The Balaban J connectivity index is 1.94. The number of nitrogens with one attached hydrogen (secondary N) is 1. The van der Waals surface area contributed by atoms with Crippen LogP contribution in [0.4, 0.5) is 5.13 Å². The van der Waals surface area contributed by atoms with Gasteiger partial charge in [-0.25, -0.2) is 0 Å². The van der Waals surface area contributed by atoms with Crippen LogP contribution in [0.1, 0.15) is 24.4 Å². The number of carbonyl (C=O) groups excluding carboxylic acids is 1. The molecule has 1 amide bonds. The molecule has 0 bridgehead atoms. The number of carbonyl (C=O) groups is 1. The quantitative estimate of drug-likeness (QED) is 0.916. The molecule has 2 aromatic rings. The standard InChI is InChI=1S/C14H14N4O2S/c1-3-12-17-18-14(21-12)16-13(19)9(2)20-11-6-4-10(8-15)5-7-11/h4-7,9H,3H2,1-2H3,(H,16,18,19). The third-order valence-corrected chi connectivity index (χ3v) is 3.65. The fourth-order valence-corrected chi connectivity index (χ4v) is 2.20. The SMILES string of the molecule is CCc1nnc(NC(=O)C(C)Oc2ccc(C#N)cc2)s1. The van der Waals surface area contributed by atoms with Crippen molar-refractivity contribution < 1.29 is 9.53 Å². The van der Waals surface area contributed by atoms with Crippen LogP contribution in [0.2, 0.25) is 0 Å². The molecule has 1 N–H and O–H groups in total. The van der Waals surface area contributed by atoms with Crippen molar-refractivity contribution in [3.05, 3.63) is 34.8 Å². The fourth-order valence-electron chi connectivity index (χ4n) is 1.52. The highest BCUT2D eigenvalue weighted by Gasteiger charge is 2.16. The average Bonchev–Trinajstić information content (AvgIpc) is 2.95. The second-order valence-electron chi connectivity index (χ2n) is 4.24. The molecule has 21 heavy (non-hydrogen) atoms. The molecule has 6 nitrogen and oxygen atoms in total. The Bertz CT molecular complexity index is 660. The van der Waals surface area contributed by atoms with Crippen molar-refractivity contribution >= 4 is 22.4 Å². The maximum Gasteiger partial charge on any atom is 0.266 e. The van der Waals surface area contributed by atoms with Gasteiger partial charge in [0.1, 0.15) is 10.8 Å². The Kier molecular flexibility index (Phi) is 4.85. The Morgan fingerprint density at radius 3 is 2.71 bits per heavy atom. The Morgan fingerprint density at radius 2 is 2.14 bits per heavy atom. The predicted molar refractivity (Wildman–Crippen MR) is 79.2 cm³/mol. The summed E-state index contributed by atoms with van der Waals surface area (Å²) >= 11 is 1.34. The first kappa shape index (κ1) is 14.9. The van der Waals surface area contributed by atoms with Crippen LogP contribution < -0.4 is 10.1 Å². The van der Waals surface area contributed by atoms with Gasteiger partial charge < -0.3 is 4.74 Å². The van der Waals surface area contributed by atoms with E-state index in [1.807, 2.05) is 13.0 Å². The van der Waals surface area contributed by atoms with Gasteiger partial charge in [-0.3, -0.25) is 10.1 Å². The van der Waals surface area contributed by atoms with Crippen molar-refractivity contribution in [1.82, 2.24) is 10.2 Å². The molecule has 1 unspecified atom stereocenters. The summed E-state index contributed by atoms with van der Waals surface area (Å²) in [5.74, 6) is 0.237. The van der Waals surface area contributed by atoms with Gasteiger partial charge in [0.2, 0.25) is 5.13 Å². The van der Waals surface area contributed by atoms with Crippen molar-refractivity contribution in [2.24, 2.45) is 0 Å². The van der Waals surface area contributed by atoms with E-state index in [1.54, 1.807) is 31.2 Å². The summed E-state index contributed by atoms with van der Waals surface area (Å²) in [5, 5.41) is 20.5. The van der Waals surface area contributed by atoms with E-state index in [2.05, 4.69) is 15.5 Å². The fraction of sp³-hybridized carbons (Fsp3) is 0.286. The van der Waals surface area contributed by atoms with Gasteiger partial charge in [0.25, 0.3) is 5.91 Å². The summed E-state index contributed by atoms with van der Waals surface area (Å²) in [4.78, 5) is 12.0. The van der Waals surface area contributed by atoms with Crippen LogP contribution in [0.25, 0.3) is 0 Å².